The second-order valence-corrected chi connectivity index (χ2v) is 1.71. The molecule has 0 amide bonds. The zero-order valence-corrected chi connectivity index (χ0v) is 8.89. The maximum Gasteiger partial charge on any atom is 2.00 e. The minimum absolute atomic E-state index is 0. The molecule has 0 aliphatic carbocycles. The first-order valence-electron chi connectivity index (χ1n) is 3.41. The maximum atomic E-state index is 3.60. The Bertz CT molecular complexity index is 12.5. The SMILES string of the molecule is [CH2-]CCC.[CH2-]CCC.[Nb+2]. The molecule has 0 nitrogen and oxygen atoms in total. The average Bonchev–Trinajstić information content (AvgIpc) is 1.88. The molecule has 0 rings (SSSR count). The molecule has 0 aliphatic heterocycles. The Morgan fingerprint density at radius 1 is 0.889 bits per heavy atom. The summed E-state index contributed by atoms with van der Waals surface area (Å²) in [5, 5.41) is 0. The van der Waals surface area contributed by atoms with Crippen molar-refractivity contribution in [3.05, 3.63) is 13.8 Å². The van der Waals surface area contributed by atoms with Crippen LogP contribution in [0.15, 0.2) is 0 Å². The Hall–Kier alpha value is 0.740. The Morgan fingerprint density at radius 3 is 1.00 bits per heavy atom. The summed E-state index contributed by atoms with van der Waals surface area (Å²) >= 11 is 0. The predicted octanol–water partition coefficient (Wildman–Crippen LogP) is 3.24. The molecular weight excluding hydrogens is 189 g/mol. The van der Waals surface area contributed by atoms with Gasteiger partial charge in [-0.1, -0.05) is 26.7 Å². The molecule has 0 saturated heterocycles. The molecule has 0 aromatic carbocycles. The summed E-state index contributed by atoms with van der Waals surface area (Å²) in [7, 11) is 0. The van der Waals surface area contributed by atoms with Gasteiger partial charge < -0.3 is 13.8 Å². The largest absolute Gasteiger partial charge is 2.00 e. The molecule has 55 valence electrons. The van der Waals surface area contributed by atoms with E-state index in [1.165, 1.54) is 12.8 Å². The molecule has 0 fully saturated rings. The quantitative estimate of drug-likeness (QED) is 0.481. The van der Waals surface area contributed by atoms with E-state index in [0.717, 1.165) is 12.8 Å². The van der Waals surface area contributed by atoms with Crippen LogP contribution >= 0.6 is 0 Å². The van der Waals surface area contributed by atoms with E-state index in [9.17, 15) is 0 Å². The van der Waals surface area contributed by atoms with Crippen molar-refractivity contribution in [3.63, 3.8) is 0 Å². The van der Waals surface area contributed by atoms with Crippen molar-refractivity contribution >= 4 is 0 Å². The fourth-order valence-corrected chi connectivity index (χ4v) is 0. The van der Waals surface area contributed by atoms with E-state index in [-0.39, 0.29) is 22.4 Å². The molecule has 1 heteroatoms. The first kappa shape index (κ1) is 16.4. The smallest absolute Gasteiger partial charge is 0.343 e. The van der Waals surface area contributed by atoms with E-state index in [1.54, 1.807) is 0 Å². The van der Waals surface area contributed by atoms with Crippen LogP contribution in [0.3, 0.4) is 0 Å². The fraction of sp³-hybridized carbons (Fsp3) is 0.750. The van der Waals surface area contributed by atoms with E-state index < -0.39 is 0 Å². The van der Waals surface area contributed by atoms with Gasteiger partial charge in [-0.15, -0.1) is 0 Å². The van der Waals surface area contributed by atoms with Gasteiger partial charge in [0.2, 0.25) is 0 Å². The van der Waals surface area contributed by atoms with Crippen molar-refractivity contribution in [2.75, 3.05) is 0 Å². The molecule has 0 spiro atoms. The third kappa shape index (κ3) is 52.9. The van der Waals surface area contributed by atoms with E-state index in [1.807, 2.05) is 0 Å². The molecule has 0 heterocycles. The molecule has 0 atom stereocenters. The van der Waals surface area contributed by atoms with Crippen LogP contribution in [0.5, 0.6) is 0 Å². The molecule has 9 heavy (non-hydrogen) atoms. The number of unbranched alkanes of at least 4 members (excludes halogenated alkanes) is 2. The van der Waals surface area contributed by atoms with Gasteiger partial charge in [0.1, 0.15) is 0 Å². The van der Waals surface area contributed by atoms with Gasteiger partial charge in [-0.2, -0.15) is 12.8 Å². The second kappa shape index (κ2) is 23.3. The molecule has 0 bridgehead atoms. The van der Waals surface area contributed by atoms with Gasteiger partial charge in [0.15, 0.2) is 0 Å². The summed E-state index contributed by atoms with van der Waals surface area (Å²) in [5.41, 5.74) is 0. The third-order valence-electron chi connectivity index (χ3n) is 0.707. The maximum absolute atomic E-state index is 3.60. The summed E-state index contributed by atoms with van der Waals surface area (Å²) in [5.74, 6) is 0. The van der Waals surface area contributed by atoms with Crippen molar-refractivity contribution in [1.29, 1.82) is 0 Å². The number of hydrogen-bond acceptors (Lipinski definition) is 0. The van der Waals surface area contributed by atoms with E-state index in [0.29, 0.717) is 0 Å². The molecule has 0 aromatic rings. The van der Waals surface area contributed by atoms with Gasteiger partial charge in [0.05, 0.1) is 0 Å². The fourth-order valence-electron chi connectivity index (χ4n) is 0. The molecule has 0 aromatic heterocycles. The molecule has 0 unspecified atom stereocenters. The molecule has 0 aliphatic rings. The van der Waals surface area contributed by atoms with Crippen molar-refractivity contribution in [3.8, 4) is 0 Å². The molecule has 0 N–H and O–H groups in total. The van der Waals surface area contributed by atoms with Crippen LogP contribution in [0.4, 0.5) is 0 Å². The van der Waals surface area contributed by atoms with E-state index >= 15 is 0 Å². The van der Waals surface area contributed by atoms with Gasteiger partial charge in [-0.3, -0.25) is 0 Å². The van der Waals surface area contributed by atoms with Gasteiger partial charge in [0.25, 0.3) is 0 Å². The number of rotatable bonds is 2. The first-order valence-corrected chi connectivity index (χ1v) is 3.41. The van der Waals surface area contributed by atoms with Crippen molar-refractivity contribution in [1.82, 2.24) is 0 Å². The van der Waals surface area contributed by atoms with Gasteiger partial charge >= 0.3 is 22.4 Å². The Kier molecular flexibility index (Phi) is 42.4. The summed E-state index contributed by atoms with van der Waals surface area (Å²) in [6.45, 7) is 11.4. The van der Waals surface area contributed by atoms with E-state index in [2.05, 4.69) is 27.7 Å². The summed E-state index contributed by atoms with van der Waals surface area (Å²) in [6, 6.07) is 0. The standard InChI is InChI=1S/2C4H9.Nb/c2*1-3-4-2;/h2*1,3-4H2,2H3;/q2*-1;+2. The van der Waals surface area contributed by atoms with Crippen LogP contribution in [-0.2, 0) is 22.4 Å². The van der Waals surface area contributed by atoms with Crippen LogP contribution in [0, 0.1) is 13.8 Å². The monoisotopic (exact) mass is 207 g/mol. The van der Waals surface area contributed by atoms with Crippen molar-refractivity contribution < 1.29 is 22.4 Å². The minimum atomic E-state index is 0. The predicted molar refractivity (Wildman–Crippen MR) is 40.5 cm³/mol. The summed E-state index contributed by atoms with van der Waals surface area (Å²) in [6.07, 6.45) is 4.56. The normalized spacial score (nSPS) is 6.67. The summed E-state index contributed by atoms with van der Waals surface area (Å²) < 4.78 is 0. The van der Waals surface area contributed by atoms with Gasteiger partial charge in [-0.25, -0.2) is 0 Å². The zero-order chi connectivity index (χ0) is 6.83. The molecular formula is C8H18Nb. The van der Waals surface area contributed by atoms with Gasteiger partial charge in [-0.05, 0) is 0 Å². The zero-order valence-electron chi connectivity index (χ0n) is 6.69. The van der Waals surface area contributed by atoms with Crippen LogP contribution in [0.2, 0.25) is 0 Å². The molecule has 1 radical (unpaired) electrons. The second-order valence-electron chi connectivity index (χ2n) is 1.71. The molecule has 0 saturated carbocycles. The Balaban J connectivity index is -0.0000000720. The Morgan fingerprint density at radius 2 is 1.00 bits per heavy atom. The van der Waals surface area contributed by atoms with E-state index in [4.69, 9.17) is 0 Å². The number of hydrogen-bond donors (Lipinski definition) is 0. The third-order valence-corrected chi connectivity index (χ3v) is 0.707. The van der Waals surface area contributed by atoms with Crippen molar-refractivity contribution in [2.45, 2.75) is 39.5 Å². The average molecular weight is 207 g/mol. The Labute approximate surface area is 75.9 Å². The summed E-state index contributed by atoms with van der Waals surface area (Å²) in [4.78, 5) is 0. The van der Waals surface area contributed by atoms with Crippen molar-refractivity contribution in [2.24, 2.45) is 0 Å². The van der Waals surface area contributed by atoms with Crippen LogP contribution in [0.1, 0.15) is 39.5 Å². The minimum Gasteiger partial charge on any atom is -0.343 e. The van der Waals surface area contributed by atoms with Crippen LogP contribution in [0.25, 0.3) is 0 Å². The van der Waals surface area contributed by atoms with Crippen LogP contribution in [-0.4, -0.2) is 0 Å². The van der Waals surface area contributed by atoms with Crippen LogP contribution < -0.4 is 0 Å². The topological polar surface area (TPSA) is 0 Å². The van der Waals surface area contributed by atoms with Gasteiger partial charge in [0, 0.05) is 0 Å². The first-order chi connectivity index (χ1) is 3.83.